The fourth-order valence-electron chi connectivity index (χ4n) is 3.74. The minimum atomic E-state index is -0.450. The summed E-state index contributed by atoms with van der Waals surface area (Å²) in [7, 11) is 0. The number of hydrogen-bond donors (Lipinski definition) is 0. The minimum absolute atomic E-state index is 0.144. The molecular weight excluding hydrogens is 402 g/mol. The van der Waals surface area contributed by atoms with Gasteiger partial charge in [-0.25, -0.2) is 4.98 Å². The van der Waals surface area contributed by atoms with E-state index < -0.39 is 5.97 Å². The van der Waals surface area contributed by atoms with Crippen molar-refractivity contribution < 1.29 is 9.53 Å². The third-order valence-corrected chi connectivity index (χ3v) is 5.31. The predicted molar refractivity (Wildman–Crippen MR) is 123 cm³/mol. The van der Waals surface area contributed by atoms with Crippen LogP contribution in [0.2, 0.25) is 0 Å². The minimum Gasteiger partial charge on any atom is -0.465 e. The molecule has 0 fully saturated rings. The Balaban J connectivity index is 1.96. The van der Waals surface area contributed by atoms with Crippen LogP contribution in [0.4, 0.5) is 0 Å². The van der Waals surface area contributed by atoms with E-state index in [1.54, 1.807) is 19.9 Å². The van der Waals surface area contributed by atoms with Crippen molar-refractivity contribution in [3.8, 4) is 17.2 Å². The van der Waals surface area contributed by atoms with Crippen LogP contribution in [-0.2, 0) is 28.9 Å². The van der Waals surface area contributed by atoms with Crippen molar-refractivity contribution in [3.05, 3.63) is 87.1 Å². The lowest BCUT2D eigenvalue weighted by atomic mass is 9.97. The summed E-state index contributed by atoms with van der Waals surface area (Å²) in [6.45, 7) is 5.65. The molecule has 0 N–H and O–H groups in total. The van der Waals surface area contributed by atoms with E-state index in [4.69, 9.17) is 4.74 Å². The van der Waals surface area contributed by atoms with Crippen molar-refractivity contribution in [1.29, 1.82) is 5.26 Å². The van der Waals surface area contributed by atoms with Crippen LogP contribution in [0.3, 0.4) is 0 Å². The van der Waals surface area contributed by atoms with Gasteiger partial charge in [-0.3, -0.25) is 14.2 Å². The van der Waals surface area contributed by atoms with Gasteiger partial charge in [0, 0.05) is 12.0 Å². The molecule has 0 aliphatic carbocycles. The average Bonchev–Trinajstić information content (AvgIpc) is 2.80. The number of esters is 1. The predicted octanol–water partition coefficient (Wildman–Crippen LogP) is 4.20. The van der Waals surface area contributed by atoms with E-state index in [0.29, 0.717) is 29.8 Å². The first-order valence-electron chi connectivity index (χ1n) is 10.8. The van der Waals surface area contributed by atoms with Gasteiger partial charge in [-0.15, -0.1) is 0 Å². The van der Waals surface area contributed by atoms with Crippen LogP contribution in [0.5, 0.6) is 0 Å². The molecule has 0 aliphatic heterocycles. The molecule has 3 rings (SSSR count). The number of hydrogen-bond acceptors (Lipinski definition) is 5. The molecule has 0 atom stereocenters. The largest absolute Gasteiger partial charge is 0.465 e. The number of nitrogens with zero attached hydrogens (tertiary/aromatic N) is 3. The van der Waals surface area contributed by atoms with E-state index in [2.05, 4.69) is 11.1 Å². The molecule has 32 heavy (non-hydrogen) atoms. The van der Waals surface area contributed by atoms with Gasteiger partial charge in [-0.2, -0.15) is 5.26 Å². The van der Waals surface area contributed by atoms with Gasteiger partial charge in [0.1, 0.15) is 12.4 Å². The first kappa shape index (κ1) is 23.0. The number of carbonyl (C=O) groups excluding carboxylic acids is 1. The van der Waals surface area contributed by atoms with Gasteiger partial charge >= 0.3 is 5.97 Å². The van der Waals surface area contributed by atoms with Crippen molar-refractivity contribution in [2.24, 2.45) is 0 Å². The summed E-state index contributed by atoms with van der Waals surface area (Å²) in [6.07, 6.45) is 1.98. The molecule has 1 aromatic heterocycles. The molecule has 0 aliphatic rings. The maximum atomic E-state index is 13.3. The molecule has 1 heterocycles. The van der Waals surface area contributed by atoms with Crippen LogP contribution < -0.4 is 5.56 Å². The van der Waals surface area contributed by atoms with Gasteiger partial charge in [0.15, 0.2) is 0 Å². The van der Waals surface area contributed by atoms with Crippen LogP contribution in [0, 0.1) is 18.3 Å². The lowest BCUT2D eigenvalue weighted by Gasteiger charge is -2.15. The molecule has 6 nitrogen and oxygen atoms in total. The Kier molecular flexibility index (Phi) is 7.56. The first-order valence-corrected chi connectivity index (χ1v) is 10.8. The molecule has 2 aromatic carbocycles. The molecule has 0 spiro atoms. The first-order chi connectivity index (χ1) is 15.5. The number of ether oxygens (including phenoxy) is 1. The van der Waals surface area contributed by atoms with Crippen LogP contribution in [0.1, 0.15) is 48.5 Å². The second-order valence-corrected chi connectivity index (χ2v) is 7.56. The van der Waals surface area contributed by atoms with Crippen LogP contribution in [-0.4, -0.2) is 22.1 Å². The highest BCUT2D eigenvalue weighted by atomic mass is 16.5. The summed E-state index contributed by atoms with van der Waals surface area (Å²) in [5.74, 6) is 0.0629. The van der Waals surface area contributed by atoms with Gasteiger partial charge in [-0.1, -0.05) is 55.8 Å². The Labute approximate surface area is 188 Å². The van der Waals surface area contributed by atoms with Crippen molar-refractivity contribution >= 4 is 5.97 Å². The lowest BCUT2D eigenvalue weighted by Crippen LogP contribution is -2.32. The highest BCUT2D eigenvalue weighted by molar-refractivity contribution is 5.70. The molecule has 0 saturated carbocycles. The molecular formula is C26H27N3O3. The molecule has 0 unspecified atom stereocenters. The standard InChI is InChI=1S/C26H27N3O3/c1-4-8-24-23(26(31)29(18(3)28-24)17-25(30)32-5-2)15-19-11-13-20(14-12-19)22-10-7-6-9-21(22)16-27/h6-7,9-14H,4-5,8,15,17H2,1-3H3. The molecule has 0 saturated heterocycles. The number of nitriles is 1. The SMILES string of the molecule is CCCc1nc(C)n(CC(=O)OCC)c(=O)c1Cc1ccc(-c2ccccc2C#N)cc1. The highest BCUT2D eigenvalue weighted by Crippen LogP contribution is 2.24. The van der Waals surface area contributed by atoms with Gasteiger partial charge < -0.3 is 4.74 Å². The zero-order valence-corrected chi connectivity index (χ0v) is 18.7. The van der Waals surface area contributed by atoms with Crippen molar-refractivity contribution in [1.82, 2.24) is 9.55 Å². The zero-order valence-electron chi connectivity index (χ0n) is 18.7. The van der Waals surface area contributed by atoms with Crippen molar-refractivity contribution in [3.63, 3.8) is 0 Å². The normalized spacial score (nSPS) is 10.6. The summed E-state index contributed by atoms with van der Waals surface area (Å²) in [5, 5.41) is 9.36. The number of benzene rings is 2. The van der Waals surface area contributed by atoms with E-state index >= 15 is 0 Å². The average molecular weight is 430 g/mol. The Morgan fingerprint density at radius 1 is 1.12 bits per heavy atom. The summed E-state index contributed by atoms with van der Waals surface area (Å²) in [6, 6.07) is 17.6. The Morgan fingerprint density at radius 3 is 2.50 bits per heavy atom. The second kappa shape index (κ2) is 10.5. The van der Waals surface area contributed by atoms with Crippen molar-refractivity contribution in [2.75, 3.05) is 6.61 Å². The van der Waals surface area contributed by atoms with Crippen LogP contribution >= 0.6 is 0 Å². The summed E-state index contributed by atoms with van der Waals surface area (Å²) >= 11 is 0. The third-order valence-electron chi connectivity index (χ3n) is 5.31. The quantitative estimate of drug-likeness (QED) is 0.501. The summed E-state index contributed by atoms with van der Waals surface area (Å²) in [4.78, 5) is 29.9. The van der Waals surface area contributed by atoms with Crippen LogP contribution in [0.25, 0.3) is 11.1 Å². The fraction of sp³-hybridized carbons (Fsp3) is 0.308. The van der Waals surface area contributed by atoms with Gasteiger partial charge in [0.2, 0.25) is 0 Å². The number of rotatable bonds is 8. The summed E-state index contributed by atoms with van der Waals surface area (Å²) < 4.78 is 6.41. The van der Waals surface area contributed by atoms with E-state index in [1.165, 1.54) is 4.57 Å². The Morgan fingerprint density at radius 2 is 1.84 bits per heavy atom. The number of carbonyl (C=O) groups is 1. The van der Waals surface area contributed by atoms with Crippen LogP contribution in [0.15, 0.2) is 53.3 Å². The highest BCUT2D eigenvalue weighted by Gasteiger charge is 2.17. The molecule has 6 heteroatoms. The molecule has 3 aromatic rings. The summed E-state index contributed by atoms with van der Waals surface area (Å²) in [5.41, 5.74) is 4.58. The van der Waals surface area contributed by atoms with Gasteiger partial charge in [0.25, 0.3) is 5.56 Å². The van der Waals surface area contributed by atoms with Crippen molar-refractivity contribution in [2.45, 2.75) is 46.6 Å². The maximum Gasteiger partial charge on any atom is 0.326 e. The fourth-order valence-corrected chi connectivity index (χ4v) is 3.74. The third kappa shape index (κ3) is 5.12. The number of aryl methyl sites for hydroxylation is 2. The van der Waals surface area contributed by atoms with E-state index in [0.717, 1.165) is 28.8 Å². The van der Waals surface area contributed by atoms with Gasteiger partial charge in [-0.05, 0) is 43.0 Å². The second-order valence-electron chi connectivity index (χ2n) is 7.56. The van der Waals surface area contributed by atoms with Gasteiger partial charge in [0.05, 0.1) is 23.9 Å². The number of aromatic nitrogens is 2. The molecule has 0 radical (unpaired) electrons. The topological polar surface area (TPSA) is 85.0 Å². The molecule has 0 bridgehead atoms. The van der Waals surface area contributed by atoms with E-state index in [-0.39, 0.29) is 18.7 Å². The maximum absolute atomic E-state index is 13.3. The molecule has 164 valence electrons. The van der Waals surface area contributed by atoms with E-state index in [9.17, 15) is 14.9 Å². The smallest absolute Gasteiger partial charge is 0.326 e. The Hall–Kier alpha value is -3.72. The zero-order chi connectivity index (χ0) is 23.1. The Bertz CT molecular complexity index is 1200. The lowest BCUT2D eigenvalue weighted by molar-refractivity contribution is -0.143. The monoisotopic (exact) mass is 429 g/mol. The van der Waals surface area contributed by atoms with E-state index in [1.807, 2.05) is 49.4 Å². The molecule has 0 amide bonds.